The lowest BCUT2D eigenvalue weighted by atomic mass is 10.2. The molecule has 0 unspecified atom stereocenters. The molecule has 30 heavy (non-hydrogen) atoms. The Bertz CT molecular complexity index is 985. The van der Waals surface area contributed by atoms with Crippen LogP contribution in [0.15, 0.2) is 10.5 Å². The minimum atomic E-state index is -1.77. The van der Waals surface area contributed by atoms with Gasteiger partial charge in [-0.2, -0.15) is 0 Å². The summed E-state index contributed by atoms with van der Waals surface area (Å²) >= 11 is 16.6. The van der Waals surface area contributed by atoms with Crippen molar-refractivity contribution in [3.05, 3.63) is 26.3 Å². The summed E-state index contributed by atoms with van der Waals surface area (Å²) in [5.41, 5.74) is 1.31. The van der Waals surface area contributed by atoms with Crippen LogP contribution in [-0.4, -0.2) is 50.5 Å². The molecule has 0 fully saturated rings. The summed E-state index contributed by atoms with van der Waals surface area (Å²) in [6.07, 6.45) is 0.765. The van der Waals surface area contributed by atoms with Crippen LogP contribution in [0, 0.1) is 0 Å². The van der Waals surface area contributed by atoms with Gasteiger partial charge in [0.15, 0.2) is 8.32 Å². The van der Waals surface area contributed by atoms with Crippen LogP contribution in [0.3, 0.4) is 0 Å². The van der Waals surface area contributed by atoms with Crippen molar-refractivity contribution >= 4 is 64.3 Å². The standard InChI is InChI=1S/C21H29BrCl2N2O3Si/c1-21(2,3)30(5,6)29-11-7-10-28-14-12-13(23)17(24)18-15(14)16(22)19-20(27)25(4)8-9-26(18)19/h12H,7-11H2,1-6H3. The third-order valence-corrected chi connectivity index (χ3v) is 12.2. The molecule has 0 spiro atoms. The largest absolute Gasteiger partial charge is 0.493 e. The number of ether oxygens (including phenoxy) is 1. The summed E-state index contributed by atoms with van der Waals surface area (Å²) in [5, 5.41) is 1.81. The minimum absolute atomic E-state index is 0.0507. The number of amides is 1. The highest BCUT2D eigenvalue weighted by atomic mass is 79.9. The molecule has 5 nitrogen and oxygen atoms in total. The molecule has 0 bridgehead atoms. The first-order chi connectivity index (χ1) is 13.9. The lowest BCUT2D eigenvalue weighted by molar-refractivity contribution is 0.0750. The van der Waals surface area contributed by atoms with Crippen molar-refractivity contribution in [1.29, 1.82) is 0 Å². The van der Waals surface area contributed by atoms with Crippen molar-refractivity contribution in [3.63, 3.8) is 0 Å². The Labute approximate surface area is 197 Å². The minimum Gasteiger partial charge on any atom is -0.493 e. The van der Waals surface area contributed by atoms with Crippen molar-refractivity contribution in [3.8, 4) is 5.75 Å². The molecule has 2 aromatic rings. The molecule has 2 heterocycles. The summed E-state index contributed by atoms with van der Waals surface area (Å²) in [7, 11) is 0.0244. The van der Waals surface area contributed by atoms with Crippen LogP contribution < -0.4 is 4.74 Å². The number of hydrogen-bond acceptors (Lipinski definition) is 3. The molecule has 166 valence electrons. The van der Waals surface area contributed by atoms with Crippen LogP contribution in [0.25, 0.3) is 10.9 Å². The molecule has 9 heteroatoms. The van der Waals surface area contributed by atoms with Gasteiger partial charge in [-0.05, 0) is 34.1 Å². The van der Waals surface area contributed by atoms with E-state index in [1.165, 1.54) is 0 Å². The van der Waals surface area contributed by atoms with E-state index in [4.69, 9.17) is 32.4 Å². The van der Waals surface area contributed by atoms with Gasteiger partial charge in [-0.25, -0.2) is 0 Å². The molecule has 1 amide bonds. The number of nitrogens with zero attached hydrogens (tertiary/aromatic N) is 2. The average Bonchev–Trinajstić information content (AvgIpc) is 2.94. The number of fused-ring (bicyclic) bond motifs is 3. The molecule has 0 saturated heterocycles. The summed E-state index contributed by atoms with van der Waals surface area (Å²) in [6.45, 7) is 13.6. The van der Waals surface area contributed by atoms with Gasteiger partial charge in [-0.15, -0.1) is 0 Å². The zero-order valence-electron chi connectivity index (χ0n) is 18.4. The molecule has 0 atom stereocenters. The Morgan fingerprint density at radius 2 is 1.87 bits per heavy atom. The Morgan fingerprint density at radius 1 is 1.20 bits per heavy atom. The summed E-state index contributed by atoms with van der Waals surface area (Å²) in [4.78, 5) is 14.4. The van der Waals surface area contributed by atoms with Gasteiger partial charge in [-0.1, -0.05) is 44.0 Å². The van der Waals surface area contributed by atoms with Crippen molar-refractivity contribution in [2.45, 2.75) is 51.9 Å². The number of halogens is 3. The third-order valence-electron chi connectivity index (χ3n) is 6.15. The maximum absolute atomic E-state index is 12.7. The molecular weight excluding hydrogens is 507 g/mol. The zero-order chi connectivity index (χ0) is 22.4. The van der Waals surface area contributed by atoms with Gasteiger partial charge in [0.05, 0.1) is 32.0 Å². The molecule has 1 aromatic carbocycles. The third kappa shape index (κ3) is 4.28. The Balaban J connectivity index is 1.83. The predicted octanol–water partition coefficient (Wildman–Crippen LogP) is 6.59. The lowest BCUT2D eigenvalue weighted by Crippen LogP contribution is -2.41. The molecule has 0 N–H and O–H groups in total. The second-order valence-electron chi connectivity index (χ2n) is 9.25. The highest BCUT2D eigenvalue weighted by Crippen LogP contribution is 2.45. The predicted molar refractivity (Wildman–Crippen MR) is 130 cm³/mol. The van der Waals surface area contributed by atoms with Crippen LogP contribution in [0.1, 0.15) is 37.7 Å². The van der Waals surface area contributed by atoms with Crippen LogP contribution in [-0.2, 0) is 11.0 Å². The Morgan fingerprint density at radius 3 is 2.50 bits per heavy atom. The van der Waals surface area contributed by atoms with Crippen molar-refractivity contribution < 1.29 is 14.0 Å². The highest BCUT2D eigenvalue weighted by Gasteiger charge is 2.37. The van der Waals surface area contributed by atoms with Crippen LogP contribution in [0.2, 0.25) is 28.2 Å². The number of hydrogen-bond donors (Lipinski definition) is 0. The number of benzene rings is 1. The van der Waals surface area contributed by atoms with Crippen LogP contribution in [0.5, 0.6) is 5.75 Å². The normalized spacial score (nSPS) is 15.1. The molecule has 0 radical (unpaired) electrons. The number of carbonyl (C=O) groups is 1. The molecule has 1 aromatic heterocycles. The Hall–Kier alpha value is -0.733. The fraction of sp³-hybridized carbons (Fsp3) is 0.571. The van der Waals surface area contributed by atoms with Crippen molar-refractivity contribution in [1.82, 2.24) is 9.47 Å². The van der Waals surface area contributed by atoms with Gasteiger partial charge < -0.3 is 18.6 Å². The first kappa shape index (κ1) is 23.9. The van der Waals surface area contributed by atoms with E-state index in [1.54, 1.807) is 18.0 Å². The quantitative estimate of drug-likeness (QED) is 0.309. The topological polar surface area (TPSA) is 43.7 Å². The van der Waals surface area contributed by atoms with Crippen molar-refractivity contribution in [2.75, 3.05) is 26.8 Å². The maximum atomic E-state index is 12.7. The van der Waals surface area contributed by atoms with E-state index in [0.717, 1.165) is 17.3 Å². The smallest absolute Gasteiger partial charge is 0.271 e. The van der Waals surface area contributed by atoms with Crippen molar-refractivity contribution in [2.24, 2.45) is 0 Å². The lowest BCUT2D eigenvalue weighted by Gasteiger charge is -2.36. The number of rotatable bonds is 6. The van der Waals surface area contributed by atoms with Crippen LogP contribution in [0.4, 0.5) is 0 Å². The molecule has 0 aliphatic carbocycles. The second kappa shape index (κ2) is 8.66. The molecular formula is C21H29BrCl2N2O3Si. The van der Waals surface area contributed by atoms with E-state index in [9.17, 15) is 4.79 Å². The van der Waals surface area contributed by atoms with E-state index in [2.05, 4.69) is 49.8 Å². The zero-order valence-corrected chi connectivity index (χ0v) is 22.5. The number of carbonyl (C=O) groups excluding carboxylic acids is 1. The SMILES string of the molecule is CN1CCn2c(c(Br)c3c(OCCCO[Si](C)(C)C(C)(C)C)cc(Cl)c(Cl)c32)C1=O. The van der Waals surface area contributed by atoms with E-state index < -0.39 is 8.32 Å². The maximum Gasteiger partial charge on any atom is 0.271 e. The van der Waals surface area contributed by atoms with Gasteiger partial charge in [0, 0.05) is 39.2 Å². The van der Waals surface area contributed by atoms with Gasteiger partial charge in [0.2, 0.25) is 0 Å². The average molecular weight is 536 g/mol. The fourth-order valence-electron chi connectivity index (χ4n) is 3.27. The monoisotopic (exact) mass is 534 g/mol. The molecule has 3 rings (SSSR count). The summed E-state index contributed by atoms with van der Waals surface area (Å²) < 4.78 is 15.0. The number of aromatic nitrogens is 1. The first-order valence-electron chi connectivity index (χ1n) is 10.1. The summed E-state index contributed by atoms with van der Waals surface area (Å²) in [5.74, 6) is 0.571. The van der Waals surface area contributed by atoms with Crippen LogP contribution >= 0.6 is 39.1 Å². The first-order valence-corrected chi connectivity index (χ1v) is 14.5. The van der Waals surface area contributed by atoms with E-state index in [0.29, 0.717) is 52.3 Å². The van der Waals surface area contributed by atoms with Gasteiger partial charge in [-0.3, -0.25) is 4.79 Å². The highest BCUT2D eigenvalue weighted by molar-refractivity contribution is 9.10. The molecule has 1 aliphatic heterocycles. The van der Waals surface area contributed by atoms with E-state index in [-0.39, 0.29) is 10.9 Å². The second-order valence-corrected chi connectivity index (χ2v) is 15.6. The fourth-order valence-corrected chi connectivity index (χ4v) is 5.56. The molecule has 1 aliphatic rings. The summed E-state index contributed by atoms with van der Waals surface area (Å²) in [6, 6.07) is 1.73. The molecule has 0 saturated carbocycles. The van der Waals surface area contributed by atoms with Gasteiger partial charge >= 0.3 is 0 Å². The number of likely N-dealkylation sites (N-methyl/N-ethyl adjacent to an activating group) is 1. The Kier molecular flexibility index (Phi) is 6.90. The van der Waals surface area contributed by atoms with Gasteiger partial charge in [0.25, 0.3) is 5.91 Å². The van der Waals surface area contributed by atoms with E-state index in [1.807, 2.05) is 4.57 Å². The van der Waals surface area contributed by atoms with E-state index >= 15 is 0 Å². The van der Waals surface area contributed by atoms with Gasteiger partial charge in [0.1, 0.15) is 11.4 Å².